The predicted molar refractivity (Wildman–Crippen MR) is 110 cm³/mol. The molecule has 4 rings (SSSR count). The molecule has 3 aromatic heterocycles. The molecule has 144 valence electrons. The van der Waals surface area contributed by atoms with Gasteiger partial charge in [0, 0.05) is 24.5 Å². The van der Waals surface area contributed by atoms with Gasteiger partial charge in [-0.15, -0.1) is 10.2 Å². The number of benzene rings is 1. The highest BCUT2D eigenvalue weighted by Crippen LogP contribution is 2.23. The van der Waals surface area contributed by atoms with E-state index in [9.17, 15) is 4.79 Å². The lowest BCUT2D eigenvalue weighted by molar-refractivity contribution is -0.118. The van der Waals surface area contributed by atoms with Crippen molar-refractivity contribution in [3.05, 3.63) is 48.8 Å². The minimum absolute atomic E-state index is 0.0131. The molecular weight excluding hydrogens is 372 g/mol. The van der Waals surface area contributed by atoms with Crippen LogP contribution < -0.4 is 5.32 Å². The molecule has 0 aliphatic carbocycles. The van der Waals surface area contributed by atoms with Crippen molar-refractivity contribution < 1.29 is 4.79 Å². The van der Waals surface area contributed by atoms with Crippen molar-refractivity contribution in [3.8, 4) is 11.3 Å². The number of carbonyl (C=O) groups is 1. The molecular formula is C20H22N6OS. The number of nitrogens with zero attached hydrogens (tertiary/aromatic N) is 5. The molecule has 0 radical (unpaired) electrons. The third kappa shape index (κ3) is 3.87. The van der Waals surface area contributed by atoms with Gasteiger partial charge in [0.05, 0.1) is 11.4 Å². The van der Waals surface area contributed by atoms with Crippen LogP contribution >= 0.6 is 11.8 Å². The monoisotopic (exact) mass is 394 g/mol. The van der Waals surface area contributed by atoms with E-state index < -0.39 is 0 Å². The summed E-state index contributed by atoms with van der Waals surface area (Å²) >= 11 is 1.38. The summed E-state index contributed by atoms with van der Waals surface area (Å²) < 4.78 is 3.71. The van der Waals surface area contributed by atoms with Gasteiger partial charge < -0.3 is 5.32 Å². The molecule has 1 N–H and O–H groups in total. The van der Waals surface area contributed by atoms with Crippen LogP contribution in [0.1, 0.15) is 20.3 Å². The van der Waals surface area contributed by atoms with Gasteiger partial charge in [0.15, 0.2) is 10.8 Å². The average molecular weight is 395 g/mol. The Kier molecular flexibility index (Phi) is 5.29. The van der Waals surface area contributed by atoms with E-state index >= 15 is 0 Å². The minimum atomic E-state index is 0.0131. The van der Waals surface area contributed by atoms with Gasteiger partial charge in [-0.25, -0.2) is 4.52 Å². The fraction of sp³-hybridized carbons (Fsp3) is 0.300. The van der Waals surface area contributed by atoms with E-state index in [1.54, 1.807) is 4.52 Å². The van der Waals surface area contributed by atoms with Crippen LogP contribution in [0.15, 0.2) is 53.9 Å². The Balaban J connectivity index is 1.53. The molecule has 7 nitrogen and oxygen atoms in total. The molecule has 1 amide bonds. The number of carbonyl (C=O) groups excluding carboxylic acids is 1. The third-order valence-corrected chi connectivity index (χ3v) is 5.38. The van der Waals surface area contributed by atoms with E-state index in [1.165, 1.54) is 11.8 Å². The number of aromatic nitrogens is 5. The zero-order chi connectivity index (χ0) is 19.5. The summed E-state index contributed by atoms with van der Waals surface area (Å²) in [5.74, 6) is 0.907. The van der Waals surface area contributed by atoms with Gasteiger partial charge in [-0.2, -0.15) is 5.10 Å². The Morgan fingerprint density at radius 2 is 2.00 bits per heavy atom. The smallest absolute Gasteiger partial charge is 0.230 e. The van der Waals surface area contributed by atoms with Gasteiger partial charge in [0.25, 0.3) is 0 Å². The normalized spacial score (nSPS) is 11.5. The Hall–Kier alpha value is -2.87. The van der Waals surface area contributed by atoms with Crippen molar-refractivity contribution in [2.24, 2.45) is 5.92 Å². The zero-order valence-corrected chi connectivity index (χ0v) is 16.7. The van der Waals surface area contributed by atoms with Gasteiger partial charge >= 0.3 is 0 Å². The van der Waals surface area contributed by atoms with Crippen molar-refractivity contribution >= 4 is 28.8 Å². The fourth-order valence-electron chi connectivity index (χ4n) is 2.92. The summed E-state index contributed by atoms with van der Waals surface area (Å²) in [5.41, 5.74) is 3.54. The fourth-order valence-corrected chi connectivity index (χ4v) is 3.67. The summed E-state index contributed by atoms with van der Waals surface area (Å²) in [5, 5.41) is 16.8. The molecule has 0 atom stereocenters. The quantitative estimate of drug-likeness (QED) is 0.487. The number of fused-ring (bicyclic) bond motifs is 3. The highest BCUT2D eigenvalue weighted by atomic mass is 32.2. The minimum Gasteiger partial charge on any atom is -0.355 e. The molecule has 0 fully saturated rings. The van der Waals surface area contributed by atoms with Crippen LogP contribution in [0.5, 0.6) is 0 Å². The first-order valence-corrected chi connectivity index (χ1v) is 10.3. The Labute approximate surface area is 167 Å². The second kappa shape index (κ2) is 8.02. The number of amides is 1. The van der Waals surface area contributed by atoms with Crippen LogP contribution in [-0.2, 0) is 4.79 Å². The maximum atomic E-state index is 12.0. The summed E-state index contributed by atoms with van der Waals surface area (Å²) in [6.07, 6.45) is 4.74. The summed E-state index contributed by atoms with van der Waals surface area (Å²) in [4.78, 5) is 12.0. The van der Waals surface area contributed by atoms with Gasteiger partial charge in [-0.3, -0.25) is 9.20 Å². The second-order valence-corrected chi connectivity index (χ2v) is 7.96. The molecule has 0 aliphatic heterocycles. The van der Waals surface area contributed by atoms with Crippen molar-refractivity contribution in [1.29, 1.82) is 0 Å². The Morgan fingerprint density at radius 3 is 2.79 bits per heavy atom. The Morgan fingerprint density at radius 1 is 1.18 bits per heavy atom. The van der Waals surface area contributed by atoms with Crippen molar-refractivity contribution in [1.82, 2.24) is 29.5 Å². The molecule has 3 heterocycles. The van der Waals surface area contributed by atoms with E-state index in [0.29, 0.717) is 23.4 Å². The van der Waals surface area contributed by atoms with Gasteiger partial charge in [0.2, 0.25) is 5.91 Å². The molecule has 0 saturated heterocycles. The number of nitrogens with one attached hydrogen (secondary N) is 1. The van der Waals surface area contributed by atoms with Crippen LogP contribution in [0.2, 0.25) is 0 Å². The van der Waals surface area contributed by atoms with Crippen LogP contribution in [-0.4, -0.2) is 42.4 Å². The van der Waals surface area contributed by atoms with E-state index in [-0.39, 0.29) is 5.91 Å². The topological polar surface area (TPSA) is 76.6 Å². The lowest BCUT2D eigenvalue weighted by Gasteiger charge is -2.06. The third-order valence-electron chi connectivity index (χ3n) is 4.43. The molecule has 0 unspecified atom stereocenters. The van der Waals surface area contributed by atoms with E-state index in [4.69, 9.17) is 0 Å². The highest BCUT2D eigenvalue weighted by Gasteiger charge is 2.14. The Bertz CT molecular complexity index is 1100. The van der Waals surface area contributed by atoms with Crippen LogP contribution in [0.25, 0.3) is 22.4 Å². The van der Waals surface area contributed by atoms with E-state index in [0.717, 1.165) is 28.8 Å². The number of hydrogen-bond donors (Lipinski definition) is 1. The zero-order valence-electron chi connectivity index (χ0n) is 15.9. The van der Waals surface area contributed by atoms with Gasteiger partial charge in [-0.05, 0) is 18.4 Å². The molecule has 28 heavy (non-hydrogen) atoms. The lowest BCUT2D eigenvalue weighted by atomic mass is 10.1. The van der Waals surface area contributed by atoms with Crippen LogP contribution in [0.3, 0.4) is 0 Å². The molecule has 0 aliphatic rings. The number of thioether (sulfide) groups is 1. The first-order chi connectivity index (χ1) is 13.6. The standard InChI is InChI=1S/C20H22N6OS/c1-14(2)8-9-21-18(27)13-28-20-23-22-19-17-12-16(15-6-4-3-5-7-15)24-26(17)11-10-25(19)20/h3-7,10-12,14H,8-9,13H2,1-2H3,(H,21,27). The van der Waals surface area contributed by atoms with Crippen molar-refractivity contribution in [2.75, 3.05) is 12.3 Å². The van der Waals surface area contributed by atoms with E-state index in [1.807, 2.05) is 53.2 Å². The first kappa shape index (κ1) is 18.5. The number of rotatable bonds is 7. The van der Waals surface area contributed by atoms with Crippen LogP contribution in [0, 0.1) is 5.92 Å². The lowest BCUT2D eigenvalue weighted by Crippen LogP contribution is -2.27. The molecule has 0 spiro atoms. The predicted octanol–water partition coefficient (Wildman–Crippen LogP) is 3.30. The largest absolute Gasteiger partial charge is 0.355 e. The second-order valence-electron chi connectivity index (χ2n) is 7.02. The van der Waals surface area contributed by atoms with Crippen molar-refractivity contribution in [2.45, 2.75) is 25.4 Å². The summed E-state index contributed by atoms with van der Waals surface area (Å²) in [6, 6.07) is 12.0. The van der Waals surface area contributed by atoms with Gasteiger partial charge in [0.1, 0.15) is 5.52 Å². The van der Waals surface area contributed by atoms with Crippen molar-refractivity contribution in [3.63, 3.8) is 0 Å². The molecule has 0 bridgehead atoms. The summed E-state index contributed by atoms with van der Waals surface area (Å²) in [6.45, 7) is 4.99. The highest BCUT2D eigenvalue weighted by molar-refractivity contribution is 7.99. The summed E-state index contributed by atoms with van der Waals surface area (Å²) in [7, 11) is 0. The molecule has 8 heteroatoms. The maximum Gasteiger partial charge on any atom is 0.230 e. The SMILES string of the molecule is CC(C)CCNC(=O)CSc1nnc2c3cc(-c4ccccc4)nn3ccn12. The van der Waals surface area contributed by atoms with Gasteiger partial charge in [-0.1, -0.05) is 55.9 Å². The van der Waals surface area contributed by atoms with Crippen LogP contribution in [0.4, 0.5) is 0 Å². The average Bonchev–Trinajstić information content (AvgIpc) is 3.30. The molecule has 1 aromatic carbocycles. The molecule has 4 aromatic rings. The molecule has 0 saturated carbocycles. The number of hydrogen-bond acceptors (Lipinski definition) is 5. The first-order valence-electron chi connectivity index (χ1n) is 9.30. The van der Waals surface area contributed by atoms with E-state index in [2.05, 4.69) is 34.5 Å². The maximum absolute atomic E-state index is 12.0.